The van der Waals surface area contributed by atoms with Crippen LogP contribution in [0.5, 0.6) is 0 Å². The average Bonchev–Trinajstić information content (AvgIpc) is 2.68. The van der Waals surface area contributed by atoms with Crippen LogP contribution in [-0.4, -0.2) is 14.5 Å². The summed E-state index contributed by atoms with van der Waals surface area (Å²) in [4.78, 5) is 7.20. The number of H-pyrrole nitrogens is 1. The second kappa shape index (κ2) is 4.24. The third-order valence-electron chi connectivity index (χ3n) is 2.94. The van der Waals surface area contributed by atoms with E-state index in [9.17, 15) is 8.78 Å². The van der Waals surface area contributed by atoms with Crippen molar-refractivity contribution in [2.24, 2.45) is 0 Å². The van der Waals surface area contributed by atoms with Gasteiger partial charge in [0.2, 0.25) is 0 Å². The summed E-state index contributed by atoms with van der Waals surface area (Å²) in [6.07, 6.45) is 1.62. The number of aromatic nitrogens is 3. The number of imidazole rings is 1. The molecule has 0 amide bonds. The van der Waals surface area contributed by atoms with Crippen LogP contribution in [0, 0.1) is 23.3 Å². The molecule has 0 saturated heterocycles. The third-order valence-corrected chi connectivity index (χ3v) is 3.22. The monoisotopic (exact) mass is 277 g/mol. The van der Waals surface area contributed by atoms with Gasteiger partial charge in [0.05, 0.1) is 11.2 Å². The van der Waals surface area contributed by atoms with Gasteiger partial charge in [0.25, 0.3) is 0 Å². The Bertz CT molecular complexity index is 836. The van der Waals surface area contributed by atoms with Gasteiger partial charge < -0.3 is 4.98 Å². The predicted molar refractivity (Wildman–Crippen MR) is 70.9 cm³/mol. The Hall–Kier alpha value is -2.08. The first-order valence-electron chi connectivity index (χ1n) is 5.59. The van der Waals surface area contributed by atoms with Gasteiger partial charge in [-0.1, -0.05) is 0 Å². The number of hydrogen-bond acceptors (Lipinski definition) is 2. The van der Waals surface area contributed by atoms with E-state index in [1.807, 2.05) is 13.0 Å². The number of halogens is 2. The summed E-state index contributed by atoms with van der Waals surface area (Å²) >= 11 is 5.19. The summed E-state index contributed by atoms with van der Waals surface area (Å²) in [5, 5.41) is 0. The maximum absolute atomic E-state index is 13.9. The van der Waals surface area contributed by atoms with Gasteiger partial charge in [-0.2, -0.15) is 0 Å². The lowest BCUT2D eigenvalue weighted by Gasteiger charge is -2.05. The predicted octanol–water partition coefficient (Wildman–Crippen LogP) is 3.67. The highest BCUT2D eigenvalue weighted by atomic mass is 32.1. The molecule has 0 aliphatic heterocycles. The van der Waals surface area contributed by atoms with Gasteiger partial charge in [-0.25, -0.2) is 13.8 Å². The molecule has 0 unspecified atom stereocenters. The van der Waals surface area contributed by atoms with Gasteiger partial charge in [-0.3, -0.25) is 4.57 Å². The molecule has 0 saturated carbocycles. The van der Waals surface area contributed by atoms with E-state index < -0.39 is 11.6 Å². The summed E-state index contributed by atoms with van der Waals surface area (Å²) < 4.78 is 28.6. The van der Waals surface area contributed by atoms with Gasteiger partial charge in [0.1, 0.15) is 11.6 Å². The van der Waals surface area contributed by atoms with E-state index in [2.05, 4.69) is 9.97 Å². The van der Waals surface area contributed by atoms with Crippen molar-refractivity contribution in [3.8, 4) is 5.69 Å². The Balaban J connectivity index is 2.40. The highest BCUT2D eigenvalue weighted by molar-refractivity contribution is 7.71. The van der Waals surface area contributed by atoms with E-state index in [1.54, 1.807) is 6.20 Å². The van der Waals surface area contributed by atoms with Gasteiger partial charge in [-0.15, -0.1) is 0 Å². The fourth-order valence-electron chi connectivity index (χ4n) is 2.01. The molecule has 1 aromatic carbocycles. The number of aromatic amines is 1. The first-order valence-corrected chi connectivity index (χ1v) is 6.00. The van der Waals surface area contributed by atoms with E-state index in [0.717, 1.165) is 17.1 Å². The van der Waals surface area contributed by atoms with Crippen LogP contribution in [0.25, 0.3) is 16.9 Å². The Morgan fingerprint density at radius 1 is 1.26 bits per heavy atom. The molecule has 2 aromatic heterocycles. The smallest absolute Gasteiger partial charge is 0.184 e. The summed E-state index contributed by atoms with van der Waals surface area (Å²) in [6, 6.07) is 5.19. The molecule has 0 spiro atoms. The molecular weight excluding hydrogens is 268 g/mol. The molecule has 2 heterocycles. The van der Waals surface area contributed by atoms with E-state index >= 15 is 0 Å². The van der Waals surface area contributed by atoms with Crippen molar-refractivity contribution in [3.05, 3.63) is 52.4 Å². The highest BCUT2D eigenvalue weighted by Crippen LogP contribution is 2.22. The fourth-order valence-corrected chi connectivity index (χ4v) is 2.30. The van der Waals surface area contributed by atoms with Crippen LogP contribution in [0.2, 0.25) is 0 Å². The molecule has 19 heavy (non-hydrogen) atoms. The van der Waals surface area contributed by atoms with Crippen LogP contribution in [0.4, 0.5) is 8.78 Å². The minimum atomic E-state index is -0.680. The molecule has 0 aliphatic rings. The molecule has 96 valence electrons. The maximum atomic E-state index is 13.9. The Labute approximate surface area is 112 Å². The van der Waals surface area contributed by atoms with E-state index in [0.29, 0.717) is 10.4 Å². The molecule has 3 rings (SSSR count). The largest absolute Gasteiger partial charge is 0.329 e. The first-order chi connectivity index (χ1) is 9.08. The third kappa shape index (κ3) is 1.84. The standard InChI is InChI=1S/C13H9F2N3S/c1-7-4-5-16-12-11(7)17-13(19)18(12)10-3-2-8(14)6-9(10)15/h2-6H,1H3,(H,17,19). The Kier molecular flexibility index (Phi) is 2.67. The van der Waals surface area contributed by atoms with Crippen molar-refractivity contribution < 1.29 is 8.78 Å². The number of hydrogen-bond donors (Lipinski definition) is 1. The van der Waals surface area contributed by atoms with E-state index in [-0.39, 0.29) is 5.69 Å². The summed E-state index contributed by atoms with van der Waals surface area (Å²) in [5.41, 5.74) is 2.40. The summed E-state index contributed by atoms with van der Waals surface area (Å²) in [5.74, 6) is -1.31. The number of nitrogens with one attached hydrogen (secondary N) is 1. The molecule has 3 aromatic rings. The molecule has 3 nitrogen and oxygen atoms in total. The van der Waals surface area contributed by atoms with Crippen molar-refractivity contribution in [1.82, 2.24) is 14.5 Å². The summed E-state index contributed by atoms with van der Waals surface area (Å²) in [7, 11) is 0. The normalized spacial score (nSPS) is 11.1. The van der Waals surface area contributed by atoms with Crippen molar-refractivity contribution >= 4 is 23.4 Å². The maximum Gasteiger partial charge on any atom is 0.184 e. The molecule has 0 atom stereocenters. The van der Waals surface area contributed by atoms with Crippen molar-refractivity contribution in [1.29, 1.82) is 0 Å². The van der Waals surface area contributed by atoms with Gasteiger partial charge >= 0.3 is 0 Å². The zero-order chi connectivity index (χ0) is 13.6. The zero-order valence-corrected chi connectivity index (χ0v) is 10.8. The van der Waals surface area contributed by atoms with E-state index in [1.165, 1.54) is 16.7 Å². The number of nitrogens with zero attached hydrogens (tertiary/aromatic N) is 2. The SMILES string of the molecule is Cc1ccnc2c1[nH]c(=S)n2-c1ccc(F)cc1F. The zero-order valence-electron chi connectivity index (χ0n) is 9.95. The minimum absolute atomic E-state index is 0.177. The molecule has 6 heteroatoms. The van der Waals surface area contributed by atoms with Crippen LogP contribution in [-0.2, 0) is 0 Å². The van der Waals surface area contributed by atoms with Crippen LogP contribution in [0.1, 0.15) is 5.56 Å². The van der Waals surface area contributed by atoms with Crippen LogP contribution >= 0.6 is 12.2 Å². The molecule has 1 N–H and O–H groups in total. The lowest BCUT2D eigenvalue weighted by molar-refractivity contribution is 0.578. The second-order valence-corrected chi connectivity index (χ2v) is 4.57. The molecular formula is C13H9F2N3S. The van der Waals surface area contributed by atoms with Crippen molar-refractivity contribution in [2.45, 2.75) is 6.92 Å². The minimum Gasteiger partial charge on any atom is -0.329 e. The second-order valence-electron chi connectivity index (χ2n) is 4.19. The first kappa shape index (κ1) is 12.0. The number of aryl methyl sites for hydroxylation is 1. The average molecular weight is 277 g/mol. The molecule has 0 aliphatic carbocycles. The molecule has 0 radical (unpaired) electrons. The molecule has 0 fully saturated rings. The van der Waals surface area contributed by atoms with Crippen molar-refractivity contribution in [3.63, 3.8) is 0 Å². The highest BCUT2D eigenvalue weighted by Gasteiger charge is 2.13. The molecule has 0 bridgehead atoms. The fraction of sp³-hybridized carbons (Fsp3) is 0.0769. The van der Waals surface area contributed by atoms with E-state index in [4.69, 9.17) is 12.2 Å². The van der Waals surface area contributed by atoms with Crippen LogP contribution < -0.4 is 0 Å². The Morgan fingerprint density at radius 3 is 2.79 bits per heavy atom. The Morgan fingerprint density at radius 2 is 2.05 bits per heavy atom. The topological polar surface area (TPSA) is 33.6 Å². The number of rotatable bonds is 1. The number of benzene rings is 1. The van der Waals surface area contributed by atoms with Crippen molar-refractivity contribution in [2.75, 3.05) is 0 Å². The summed E-state index contributed by atoms with van der Waals surface area (Å²) in [6.45, 7) is 1.90. The number of fused-ring (bicyclic) bond motifs is 1. The van der Waals surface area contributed by atoms with Crippen LogP contribution in [0.3, 0.4) is 0 Å². The van der Waals surface area contributed by atoms with Gasteiger partial charge in [0, 0.05) is 12.3 Å². The quantitative estimate of drug-likeness (QED) is 0.688. The number of pyridine rings is 1. The lowest BCUT2D eigenvalue weighted by atomic mass is 10.2. The lowest BCUT2D eigenvalue weighted by Crippen LogP contribution is -1.99. The van der Waals surface area contributed by atoms with Gasteiger partial charge in [0.15, 0.2) is 10.4 Å². The van der Waals surface area contributed by atoms with Crippen LogP contribution in [0.15, 0.2) is 30.5 Å². The van der Waals surface area contributed by atoms with Gasteiger partial charge in [-0.05, 0) is 42.9 Å².